The number of nitrogens with zero attached hydrogens (tertiary/aromatic N) is 1. The van der Waals surface area contributed by atoms with Crippen molar-refractivity contribution in [3.8, 4) is 0 Å². The summed E-state index contributed by atoms with van der Waals surface area (Å²) in [5.41, 5.74) is 10.4. The van der Waals surface area contributed by atoms with Crippen LogP contribution in [0.25, 0.3) is 0 Å². The Balaban J connectivity index is 2.72. The molecule has 0 aromatic heterocycles. The summed E-state index contributed by atoms with van der Waals surface area (Å²) in [5, 5.41) is 17.0. The van der Waals surface area contributed by atoms with Crippen molar-refractivity contribution in [3.63, 3.8) is 0 Å². The van der Waals surface area contributed by atoms with Crippen LogP contribution >= 0.6 is 0 Å². The molecule has 0 bridgehead atoms. The fourth-order valence-electron chi connectivity index (χ4n) is 2.79. The highest BCUT2D eigenvalue weighted by molar-refractivity contribution is 5.95. The zero-order valence-electron chi connectivity index (χ0n) is 16.2. The Morgan fingerprint density at radius 3 is 2.50 bits per heavy atom. The standard InChI is InChI=1S/C17H30N6O5/c1-3-9(2)13(23-14(25)10-6-7-12(24)21-10)15(26)22-11(16(27)28)5-4-8-20-17(18)19/h9-11,13H,3-8H2,1-2H3,(H,21,24)(H,22,26)(H,23,25)(H,27,28)(H4,18,19,20)/t9-,10-,11-,13-/m0/s1. The average Bonchev–Trinajstić information content (AvgIpc) is 3.07. The number of rotatable bonds is 11. The van der Waals surface area contributed by atoms with Crippen molar-refractivity contribution in [3.05, 3.63) is 0 Å². The first kappa shape index (κ1) is 23.2. The van der Waals surface area contributed by atoms with E-state index in [4.69, 9.17) is 11.5 Å². The molecule has 1 aliphatic rings. The molecule has 0 spiro atoms. The third kappa shape index (κ3) is 7.41. The lowest BCUT2D eigenvalue weighted by Crippen LogP contribution is -2.56. The second kappa shape index (κ2) is 11.1. The maximum absolute atomic E-state index is 12.7. The highest BCUT2D eigenvalue weighted by atomic mass is 16.4. The van der Waals surface area contributed by atoms with Gasteiger partial charge in [0.1, 0.15) is 18.1 Å². The molecule has 1 saturated heterocycles. The molecule has 0 unspecified atom stereocenters. The van der Waals surface area contributed by atoms with E-state index >= 15 is 0 Å². The zero-order chi connectivity index (χ0) is 21.3. The van der Waals surface area contributed by atoms with Gasteiger partial charge in [0.15, 0.2) is 5.96 Å². The topological polar surface area (TPSA) is 189 Å². The second-order valence-electron chi connectivity index (χ2n) is 6.88. The number of nitrogens with one attached hydrogen (secondary N) is 3. The van der Waals surface area contributed by atoms with Gasteiger partial charge in [-0.15, -0.1) is 0 Å². The monoisotopic (exact) mass is 398 g/mol. The molecule has 158 valence electrons. The van der Waals surface area contributed by atoms with Crippen LogP contribution in [0.1, 0.15) is 46.0 Å². The van der Waals surface area contributed by atoms with Crippen LogP contribution in [0.15, 0.2) is 4.99 Å². The van der Waals surface area contributed by atoms with Crippen molar-refractivity contribution in [1.82, 2.24) is 16.0 Å². The van der Waals surface area contributed by atoms with Gasteiger partial charge in [-0.05, 0) is 25.2 Å². The minimum Gasteiger partial charge on any atom is -0.480 e. The number of carbonyl (C=O) groups excluding carboxylic acids is 3. The van der Waals surface area contributed by atoms with E-state index in [1.807, 2.05) is 6.92 Å². The molecule has 28 heavy (non-hydrogen) atoms. The van der Waals surface area contributed by atoms with Crippen molar-refractivity contribution in [2.45, 2.75) is 64.1 Å². The molecule has 4 atom stereocenters. The second-order valence-corrected chi connectivity index (χ2v) is 6.88. The van der Waals surface area contributed by atoms with Gasteiger partial charge >= 0.3 is 5.97 Å². The summed E-state index contributed by atoms with van der Waals surface area (Å²) in [4.78, 5) is 51.6. The van der Waals surface area contributed by atoms with Gasteiger partial charge in [-0.1, -0.05) is 20.3 Å². The number of guanidine groups is 1. The third-order valence-electron chi connectivity index (χ3n) is 4.66. The number of aliphatic imine (C=N–C) groups is 1. The van der Waals surface area contributed by atoms with E-state index in [1.165, 1.54) is 0 Å². The number of hydrogen-bond donors (Lipinski definition) is 6. The molecule has 1 aliphatic heterocycles. The zero-order valence-corrected chi connectivity index (χ0v) is 16.2. The van der Waals surface area contributed by atoms with Crippen molar-refractivity contribution >= 4 is 29.7 Å². The first-order valence-electron chi connectivity index (χ1n) is 9.34. The summed E-state index contributed by atoms with van der Waals surface area (Å²) in [6.07, 6.45) is 1.72. The van der Waals surface area contributed by atoms with Crippen LogP contribution in [0.2, 0.25) is 0 Å². The summed E-state index contributed by atoms with van der Waals surface area (Å²) in [6, 6.07) is -2.72. The fraction of sp³-hybridized carbons (Fsp3) is 0.706. The lowest BCUT2D eigenvalue weighted by atomic mass is 9.97. The average molecular weight is 398 g/mol. The van der Waals surface area contributed by atoms with Gasteiger partial charge in [-0.2, -0.15) is 0 Å². The van der Waals surface area contributed by atoms with E-state index < -0.39 is 35.9 Å². The van der Waals surface area contributed by atoms with Crippen LogP contribution in [0.4, 0.5) is 0 Å². The van der Waals surface area contributed by atoms with Gasteiger partial charge in [0, 0.05) is 13.0 Å². The fourth-order valence-corrected chi connectivity index (χ4v) is 2.79. The normalized spacial score (nSPS) is 19.1. The molecule has 1 fully saturated rings. The molecule has 3 amide bonds. The highest BCUT2D eigenvalue weighted by Gasteiger charge is 2.33. The maximum Gasteiger partial charge on any atom is 0.326 e. The number of hydrogen-bond acceptors (Lipinski definition) is 5. The molecule has 0 saturated carbocycles. The van der Waals surface area contributed by atoms with Crippen LogP contribution in [0.3, 0.4) is 0 Å². The quantitative estimate of drug-likeness (QED) is 0.137. The number of carboxylic acid groups (broad SMARTS) is 1. The number of aliphatic carboxylic acids is 1. The lowest BCUT2D eigenvalue weighted by molar-refractivity contribution is -0.142. The smallest absolute Gasteiger partial charge is 0.326 e. The van der Waals surface area contributed by atoms with Crippen LogP contribution in [-0.4, -0.2) is 59.4 Å². The summed E-state index contributed by atoms with van der Waals surface area (Å²) in [5.74, 6) is -2.74. The Hall–Kier alpha value is -2.85. The molecule has 0 aliphatic carbocycles. The van der Waals surface area contributed by atoms with Gasteiger partial charge in [0.2, 0.25) is 17.7 Å². The largest absolute Gasteiger partial charge is 0.480 e. The van der Waals surface area contributed by atoms with Gasteiger partial charge in [-0.3, -0.25) is 19.4 Å². The molecule has 8 N–H and O–H groups in total. The van der Waals surface area contributed by atoms with E-state index in [1.54, 1.807) is 6.92 Å². The van der Waals surface area contributed by atoms with Gasteiger partial charge in [-0.25, -0.2) is 4.79 Å². The minimum absolute atomic E-state index is 0.0885. The van der Waals surface area contributed by atoms with Crippen molar-refractivity contribution in [2.75, 3.05) is 6.54 Å². The van der Waals surface area contributed by atoms with E-state index in [0.29, 0.717) is 19.3 Å². The van der Waals surface area contributed by atoms with E-state index in [2.05, 4.69) is 20.9 Å². The summed E-state index contributed by atoms with van der Waals surface area (Å²) in [7, 11) is 0. The Bertz CT molecular complexity index is 619. The highest BCUT2D eigenvalue weighted by Crippen LogP contribution is 2.12. The SMILES string of the molecule is CC[C@H](C)[C@H](NC(=O)[C@@H]1CCC(=O)N1)C(=O)N[C@@H](CCCN=C(N)N)C(=O)O. The van der Waals surface area contributed by atoms with Crippen molar-refractivity contribution in [1.29, 1.82) is 0 Å². The van der Waals surface area contributed by atoms with Crippen LogP contribution in [0, 0.1) is 5.92 Å². The van der Waals surface area contributed by atoms with Crippen LogP contribution in [0.5, 0.6) is 0 Å². The molecule has 0 radical (unpaired) electrons. The molecule has 0 aromatic rings. The number of carboxylic acids is 1. The Labute approximate surface area is 163 Å². The molecular formula is C17H30N6O5. The Morgan fingerprint density at radius 2 is 2.00 bits per heavy atom. The maximum atomic E-state index is 12.7. The first-order valence-corrected chi connectivity index (χ1v) is 9.34. The van der Waals surface area contributed by atoms with Crippen LogP contribution < -0.4 is 27.4 Å². The number of amides is 3. The van der Waals surface area contributed by atoms with E-state index in [9.17, 15) is 24.3 Å². The lowest BCUT2D eigenvalue weighted by Gasteiger charge is -2.26. The van der Waals surface area contributed by atoms with E-state index in [0.717, 1.165) is 0 Å². The third-order valence-corrected chi connectivity index (χ3v) is 4.66. The number of carbonyl (C=O) groups is 4. The summed E-state index contributed by atoms with van der Waals surface area (Å²) >= 11 is 0. The molecule has 1 rings (SSSR count). The molecule has 1 heterocycles. The predicted molar refractivity (Wildman–Crippen MR) is 102 cm³/mol. The van der Waals surface area contributed by atoms with Crippen LogP contribution in [-0.2, 0) is 19.2 Å². The predicted octanol–water partition coefficient (Wildman–Crippen LogP) is -1.58. The molecular weight excluding hydrogens is 368 g/mol. The Kier molecular flexibility index (Phi) is 9.19. The molecule has 11 nitrogen and oxygen atoms in total. The summed E-state index contributed by atoms with van der Waals surface area (Å²) in [6.45, 7) is 3.89. The number of nitrogens with two attached hydrogens (primary N) is 2. The van der Waals surface area contributed by atoms with Crippen molar-refractivity contribution < 1.29 is 24.3 Å². The first-order chi connectivity index (χ1) is 13.1. The molecule has 11 heteroatoms. The van der Waals surface area contributed by atoms with Crippen molar-refractivity contribution in [2.24, 2.45) is 22.4 Å². The van der Waals surface area contributed by atoms with Gasteiger partial charge < -0.3 is 32.5 Å². The summed E-state index contributed by atoms with van der Waals surface area (Å²) < 4.78 is 0. The van der Waals surface area contributed by atoms with Gasteiger partial charge in [0.25, 0.3) is 0 Å². The minimum atomic E-state index is -1.18. The molecule has 0 aromatic carbocycles. The Morgan fingerprint density at radius 1 is 1.32 bits per heavy atom. The van der Waals surface area contributed by atoms with Gasteiger partial charge in [0.05, 0.1) is 0 Å². The van der Waals surface area contributed by atoms with E-state index in [-0.39, 0.29) is 37.2 Å².